The van der Waals surface area contributed by atoms with Crippen molar-refractivity contribution in [2.24, 2.45) is 0 Å². The molecular formula is CH3IY2. The van der Waals surface area contributed by atoms with Crippen LogP contribution in [0.5, 0.6) is 0 Å². The van der Waals surface area contributed by atoms with Crippen LogP contribution in [0.25, 0.3) is 0 Å². The molecule has 0 bridgehead atoms. The van der Waals surface area contributed by atoms with Crippen LogP contribution in [-0.2, 0) is 65.4 Å². The second kappa shape index (κ2) is 16.8. The Hall–Kier alpha value is 2.94. The minimum absolute atomic E-state index is 0. The van der Waals surface area contributed by atoms with E-state index >= 15 is 0 Å². The molecule has 0 aliphatic heterocycles. The number of hydrogen-bond donors (Lipinski definition) is 0. The summed E-state index contributed by atoms with van der Waals surface area (Å²) in [7, 11) is 0. The molecule has 0 aromatic rings. The van der Waals surface area contributed by atoms with Gasteiger partial charge in [-0.2, -0.15) is 0 Å². The molecule has 0 fully saturated rings. The summed E-state index contributed by atoms with van der Waals surface area (Å²) in [5.41, 5.74) is 0. The number of rotatable bonds is 0. The van der Waals surface area contributed by atoms with E-state index in [4.69, 9.17) is 0 Å². The number of hydrogen-bond acceptors (Lipinski definition) is 0. The fourth-order valence-corrected chi connectivity index (χ4v) is 0. The maximum Gasteiger partial charge on any atom is 0 e. The fourth-order valence-electron chi connectivity index (χ4n) is 0. The molecule has 0 rings (SSSR count). The van der Waals surface area contributed by atoms with Gasteiger partial charge >= 0.3 is 0 Å². The zero-order valence-corrected chi connectivity index (χ0v) is 10.4. The zero-order chi connectivity index (χ0) is 2.00. The minimum Gasteiger partial charge on any atom is -0.0901 e. The first kappa shape index (κ1) is 15.8. The zero-order valence-electron chi connectivity index (χ0n) is 2.53. The van der Waals surface area contributed by atoms with Crippen molar-refractivity contribution < 1.29 is 65.4 Å². The normalized spacial score (nSPS) is 1.50. The molecule has 0 aliphatic rings. The molecule has 0 atom stereocenters. The quantitative estimate of drug-likeness (QED) is 0.462. The van der Waals surface area contributed by atoms with Crippen molar-refractivity contribution in [2.45, 2.75) is 0 Å². The topological polar surface area (TPSA) is 0 Å². The first-order valence-electron chi connectivity index (χ1n) is 0.378. The SMILES string of the molecule is CI.[Y].[Y]. The first-order valence-corrected chi connectivity index (χ1v) is 2.54. The molecule has 4 heavy (non-hydrogen) atoms. The average molecular weight is 320 g/mol. The summed E-state index contributed by atoms with van der Waals surface area (Å²) in [4.78, 5) is 1.97. The Morgan fingerprint density at radius 2 is 1.00 bits per heavy atom. The summed E-state index contributed by atoms with van der Waals surface area (Å²) in [5.74, 6) is 0. The van der Waals surface area contributed by atoms with Crippen molar-refractivity contribution in [3.63, 3.8) is 0 Å². The Balaban J connectivity index is -0.00000000500. The summed E-state index contributed by atoms with van der Waals surface area (Å²) < 4.78 is 0. The van der Waals surface area contributed by atoms with Gasteiger partial charge in [-0.15, -0.1) is 0 Å². The fraction of sp³-hybridized carbons (Fsp3) is 1.00. The first-order chi connectivity index (χ1) is 1.00. The van der Waals surface area contributed by atoms with Crippen molar-refractivity contribution in [1.29, 1.82) is 0 Å². The molecule has 0 heterocycles. The van der Waals surface area contributed by atoms with Crippen LogP contribution < -0.4 is 0 Å². The molecule has 0 saturated carbocycles. The van der Waals surface area contributed by atoms with Crippen LogP contribution in [0.1, 0.15) is 0 Å². The molecule has 0 N–H and O–H groups in total. The third-order valence-corrected chi connectivity index (χ3v) is 0. The van der Waals surface area contributed by atoms with Crippen molar-refractivity contribution in [2.75, 3.05) is 4.93 Å². The summed E-state index contributed by atoms with van der Waals surface area (Å²) in [6.45, 7) is 0. The van der Waals surface area contributed by atoms with Gasteiger partial charge in [-0.1, -0.05) is 22.6 Å². The van der Waals surface area contributed by atoms with Crippen molar-refractivity contribution in [3.8, 4) is 0 Å². The van der Waals surface area contributed by atoms with E-state index in [2.05, 4.69) is 22.6 Å². The second-order valence-corrected chi connectivity index (χ2v) is 0. The summed E-state index contributed by atoms with van der Waals surface area (Å²) in [6.07, 6.45) is 0. The third-order valence-electron chi connectivity index (χ3n) is 0. The van der Waals surface area contributed by atoms with Gasteiger partial charge in [0.05, 0.1) is 0 Å². The van der Waals surface area contributed by atoms with E-state index in [-0.39, 0.29) is 65.4 Å². The van der Waals surface area contributed by atoms with E-state index in [0.29, 0.717) is 0 Å². The summed E-state index contributed by atoms with van der Waals surface area (Å²) in [5, 5.41) is 0. The monoisotopic (exact) mass is 320 g/mol. The van der Waals surface area contributed by atoms with Gasteiger partial charge in [-0.05, 0) is 4.93 Å². The Morgan fingerprint density at radius 1 is 1.00 bits per heavy atom. The molecule has 0 aliphatic carbocycles. The molecule has 0 spiro atoms. The standard InChI is InChI=1S/CH3I.2Y/c1-2;;/h1H3;;. The minimum atomic E-state index is 0. The van der Waals surface area contributed by atoms with Crippen LogP contribution in [0.4, 0.5) is 0 Å². The average Bonchev–Trinajstić information content (AvgIpc) is 1.00. The smallest absolute Gasteiger partial charge is 0 e. The molecule has 0 nitrogen and oxygen atoms in total. The van der Waals surface area contributed by atoms with E-state index in [1.807, 2.05) is 4.93 Å². The van der Waals surface area contributed by atoms with Crippen LogP contribution in [0.15, 0.2) is 0 Å². The largest absolute Gasteiger partial charge is 0.0901 e. The Bertz CT molecular complexity index is 6.00. The van der Waals surface area contributed by atoms with E-state index in [9.17, 15) is 0 Å². The predicted molar refractivity (Wildman–Crippen MR) is 19.9 cm³/mol. The molecule has 2 radical (unpaired) electrons. The van der Waals surface area contributed by atoms with E-state index in [1.165, 1.54) is 0 Å². The molecule has 3 heteroatoms. The van der Waals surface area contributed by atoms with Gasteiger partial charge in [0.1, 0.15) is 0 Å². The van der Waals surface area contributed by atoms with Crippen LogP contribution in [0.2, 0.25) is 0 Å². The van der Waals surface area contributed by atoms with Gasteiger partial charge in [0.25, 0.3) is 0 Å². The van der Waals surface area contributed by atoms with Gasteiger partial charge in [0, 0.05) is 65.4 Å². The molecule has 0 amide bonds. The van der Waals surface area contributed by atoms with Crippen LogP contribution >= 0.6 is 22.6 Å². The molecule has 0 aromatic carbocycles. The van der Waals surface area contributed by atoms with Crippen LogP contribution in [-0.4, -0.2) is 4.93 Å². The van der Waals surface area contributed by atoms with Crippen molar-refractivity contribution in [1.82, 2.24) is 0 Å². The van der Waals surface area contributed by atoms with Gasteiger partial charge in [-0.3, -0.25) is 0 Å². The van der Waals surface area contributed by atoms with E-state index in [1.54, 1.807) is 0 Å². The maximum absolute atomic E-state index is 2.15. The summed E-state index contributed by atoms with van der Waals surface area (Å²) >= 11 is 2.15. The van der Waals surface area contributed by atoms with Gasteiger partial charge in [0.15, 0.2) is 0 Å². The Kier molecular flexibility index (Phi) is 66.2. The third kappa shape index (κ3) is 8.87. The molecule has 20 valence electrons. The Morgan fingerprint density at radius 3 is 1.00 bits per heavy atom. The molecule has 0 unspecified atom stereocenters. The van der Waals surface area contributed by atoms with Crippen LogP contribution in [0.3, 0.4) is 0 Å². The van der Waals surface area contributed by atoms with Gasteiger partial charge < -0.3 is 0 Å². The number of halogens is 1. The van der Waals surface area contributed by atoms with Gasteiger partial charge in [0.2, 0.25) is 0 Å². The second-order valence-electron chi connectivity index (χ2n) is 0. The van der Waals surface area contributed by atoms with Crippen LogP contribution in [0, 0.1) is 0 Å². The predicted octanol–water partition coefficient (Wildman–Crippen LogP) is 1.05. The number of alkyl halides is 1. The molecule has 0 aromatic heterocycles. The summed E-state index contributed by atoms with van der Waals surface area (Å²) in [6, 6.07) is 0. The Labute approximate surface area is 90.8 Å². The molecular weight excluding hydrogens is 317 g/mol. The van der Waals surface area contributed by atoms with E-state index < -0.39 is 0 Å². The van der Waals surface area contributed by atoms with Crippen molar-refractivity contribution >= 4 is 22.6 Å². The van der Waals surface area contributed by atoms with Gasteiger partial charge in [-0.25, -0.2) is 0 Å². The van der Waals surface area contributed by atoms with Crippen molar-refractivity contribution in [3.05, 3.63) is 0 Å². The maximum atomic E-state index is 2.15. The van der Waals surface area contributed by atoms with E-state index in [0.717, 1.165) is 0 Å². The molecule has 0 saturated heterocycles.